The molecule has 1 N–H and O–H groups in total. The van der Waals surface area contributed by atoms with Crippen LogP contribution in [0.5, 0.6) is 0 Å². The average Bonchev–Trinajstić information content (AvgIpc) is 2.36. The van der Waals surface area contributed by atoms with E-state index in [1.54, 1.807) is 0 Å². The van der Waals surface area contributed by atoms with E-state index in [1.807, 2.05) is 24.3 Å². The van der Waals surface area contributed by atoms with Crippen LogP contribution in [0.2, 0.25) is 0 Å². The molecule has 0 spiro atoms. The summed E-state index contributed by atoms with van der Waals surface area (Å²) in [5.74, 6) is -1.03. The Hall–Kier alpha value is -1.84. The minimum atomic E-state index is -1.21. The van der Waals surface area contributed by atoms with E-state index in [0.29, 0.717) is 11.6 Å². The van der Waals surface area contributed by atoms with E-state index in [-0.39, 0.29) is 18.7 Å². The third kappa shape index (κ3) is 4.57. The summed E-state index contributed by atoms with van der Waals surface area (Å²) >= 11 is 0. The summed E-state index contributed by atoms with van der Waals surface area (Å²) in [7, 11) is 0. The second-order valence-electron chi connectivity index (χ2n) is 4.35. The number of carboxylic acid groups (broad SMARTS) is 1. The van der Waals surface area contributed by atoms with Crippen molar-refractivity contribution in [3.8, 4) is 0 Å². The number of carbonyl (C=O) groups excluding carboxylic acids is 2. The quantitative estimate of drug-likeness (QED) is 0.832. The Morgan fingerprint density at radius 2 is 1.83 bits per heavy atom. The van der Waals surface area contributed by atoms with Crippen molar-refractivity contribution in [2.45, 2.75) is 39.0 Å². The van der Waals surface area contributed by atoms with Gasteiger partial charge in [0.25, 0.3) is 0 Å². The van der Waals surface area contributed by atoms with Gasteiger partial charge in [0.05, 0.1) is 0 Å². The highest BCUT2D eigenvalue weighted by Crippen LogP contribution is 2.20. The molecule has 1 rings (SSSR count). The molecule has 0 radical (unpaired) electrons. The summed E-state index contributed by atoms with van der Waals surface area (Å²) < 4.78 is 0. The molecule has 4 heteroatoms. The van der Waals surface area contributed by atoms with Crippen LogP contribution in [0.4, 0.5) is 5.69 Å². The highest BCUT2D eigenvalue weighted by atomic mass is 16.4. The van der Waals surface area contributed by atoms with Crippen LogP contribution in [0.15, 0.2) is 24.3 Å². The van der Waals surface area contributed by atoms with Gasteiger partial charge in [-0.05, 0) is 36.5 Å². The smallest absolute Gasteiger partial charge is 0.224 e. The van der Waals surface area contributed by atoms with Crippen LogP contribution in [0.25, 0.3) is 0 Å². The van der Waals surface area contributed by atoms with Crippen LogP contribution in [-0.2, 0) is 9.59 Å². The second kappa shape index (κ2) is 6.79. The lowest BCUT2D eigenvalue weighted by Crippen LogP contribution is -2.24. The van der Waals surface area contributed by atoms with Gasteiger partial charge in [-0.1, -0.05) is 26.0 Å². The maximum Gasteiger partial charge on any atom is 0.224 e. The molecule has 98 valence electrons. The highest BCUT2D eigenvalue weighted by Gasteiger charge is 2.05. The topological polar surface area (TPSA) is 69.2 Å². The van der Waals surface area contributed by atoms with E-state index < -0.39 is 5.97 Å². The fraction of sp³-hybridized carbons (Fsp3) is 0.429. The molecule has 0 aromatic heterocycles. The summed E-state index contributed by atoms with van der Waals surface area (Å²) in [6.45, 7) is 4.27. The molecule has 0 saturated heterocycles. The largest absolute Gasteiger partial charge is 0.550 e. The molecule has 18 heavy (non-hydrogen) atoms. The van der Waals surface area contributed by atoms with E-state index in [9.17, 15) is 14.7 Å². The van der Waals surface area contributed by atoms with Crippen molar-refractivity contribution >= 4 is 17.6 Å². The first kappa shape index (κ1) is 14.2. The van der Waals surface area contributed by atoms with Gasteiger partial charge in [-0.25, -0.2) is 0 Å². The van der Waals surface area contributed by atoms with Gasteiger partial charge in [-0.15, -0.1) is 0 Å². The molecular weight excluding hydrogens is 230 g/mol. The van der Waals surface area contributed by atoms with Crippen LogP contribution in [0.3, 0.4) is 0 Å². The van der Waals surface area contributed by atoms with Crippen molar-refractivity contribution in [1.29, 1.82) is 0 Å². The molecule has 1 aromatic rings. The van der Waals surface area contributed by atoms with Gasteiger partial charge < -0.3 is 15.2 Å². The number of nitrogens with one attached hydrogen (secondary N) is 1. The van der Waals surface area contributed by atoms with Crippen LogP contribution >= 0.6 is 0 Å². The molecular formula is C14H18NO3-. The number of rotatable bonds is 6. The molecule has 0 aliphatic heterocycles. The predicted octanol–water partition coefficient (Wildman–Crippen LogP) is 1.67. The lowest BCUT2D eigenvalue weighted by atomic mass is 9.99. The normalized spacial score (nSPS) is 11.9. The standard InChI is InChI=1S/C14H19NO3/c1-3-10(2)11-4-6-12(7-5-11)15-13(16)8-9-14(17)18/h4-7,10H,3,8-9H2,1-2H3,(H,15,16)(H,17,18)/p-1/t10-/m1/s1. The minimum Gasteiger partial charge on any atom is -0.550 e. The lowest BCUT2D eigenvalue weighted by Gasteiger charge is -2.10. The predicted molar refractivity (Wildman–Crippen MR) is 68.0 cm³/mol. The summed E-state index contributed by atoms with van der Waals surface area (Å²) in [4.78, 5) is 21.6. The van der Waals surface area contributed by atoms with Gasteiger partial charge in [-0.3, -0.25) is 4.79 Å². The number of hydrogen-bond acceptors (Lipinski definition) is 3. The Balaban J connectivity index is 2.53. The molecule has 0 saturated carbocycles. The Morgan fingerprint density at radius 1 is 1.22 bits per heavy atom. The zero-order chi connectivity index (χ0) is 13.5. The first-order valence-corrected chi connectivity index (χ1v) is 6.12. The number of anilines is 1. The fourth-order valence-electron chi connectivity index (χ4n) is 1.57. The SMILES string of the molecule is CC[C@@H](C)c1ccc(NC(=O)CCC(=O)[O-])cc1. The van der Waals surface area contributed by atoms with Crippen LogP contribution in [0, 0.1) is 0 Å². The Bertz CT molecular complexity index is 412. The first-order chi connectivity index (χ1) is 8.52. The number of carbonyl (C=O) groups is 2. The number of aliphatic carboxylic acids is 1. The summed E-state index contributed by atoms with van der Waals surface area (Å²) in [6.07, 6.45) is 0.754. The molecule has 1 atom stereocenters. The third-order valence-corrected chi connectivity index (χ3v) is 2.93. The van der Waals surface area contributed by atoms with Crippen molar-refractivity contribution in [3.05, 3.63) is 29.8 Å². The van der Waals surface area contributed by atoms with E-state index >= 15 is 0 Å². The molecule has 0 unspecified atom stereocenters. The summed E-state index contributed by atoms with van der Waals surface area (Å²) in [5, 5.41) is 12.9. The third-order valence-electron chi connectivity index (χ3n) is 2.93. The Morgan fingerprint density at radius 3 is 2.33 bits per heavy atom. The van der Waals surface area contributed by atoms with Gasteiger partial charge in [-0.2, -0.15) is 0 Å². The number of hydrogen-bond donors (Lipinski definition) is 1. The van der Waals surface area contributed by atoms with Gasteiger partial charge in [0.15, 0.2) is 0 Å². The molecule has 1 amide bonds. The summed E-state index contributed by atoms with van der Waals surface area (Å²) in [6, 6.07) is 7.61. The zero-order valence-corrected chi connectivity index (χ0v) is 10.7. The molecule has 0 aliphatic carbocycles. The maximum atomic E-state index is 11.4. The van der Waals surface area contributed by atoms with Crippen LogP contribution < -0.4 is 10.4 Å². The molecule has 0 heterocycles. The number of carboxylic acids is 1. The van der Waals surface area contributed by atoms with Gasteiger partial charge in [0.1, 0.15) is 0 Å². The van der Waals surface area contributed by atoms with E-state index in [0.717, 1.165) is 6.42 Å². The van der Waals surface area contributed by atoms with Crippen molar-refractivity contribution in [1.82, 2.24) is 0 Å². The second-order valence-corrected chi connectivity index (χ2v) is 4.35. The van der Waals surface area contributed by atoms with E-state index in [1.165, 1.54) is 5.56 Å². The molecule has 4 nitrogen and oxygen atoms in total. The molecule has 1 aromatic carbocycles. The Labute approximate surface area is 107 Å². The maximum absolute atomic E-state index is 11.4. The van der Waals surface area contributed by atoms with Gasteiger partial charge >= 0.3 is 0 Å². The van der Waals surface area contributed by atoms with Gasteiger partial charge in [0, 0.05) is 18.1 Å². The van der Waals surface area contributed by atoms with Crippen LogP contribution in [-0.4, -0.2) is 11.9 Å². The highest BCUT2D eigenvalue weighted by molar-refractivity contribution is 5.92. The van der Waals surface area contributed by atoms with Crippen molar-refractivity contribution < 1.29 is 14.7 Å². The average molecular weight is 248 g/mol. The number of benzene rings is 1. The number of amides is 1. The van der Waals surface area contributed by atoms with Crippen molar-refractivity contribution in [3.63, 3.8) is 0 Å². The van der Waals surface area contributed by atoms with Crippen LogP contribution in [0.1, 0.15) is 44.6 Å². The monoisotopic (exact) mass is 248 g/mol. The fourth-order valence-corrected chi connectivity index (χ4v) is 1.57. The first-order valence-electron chi connectivity index (χ1n) is 6.12. The van der Waals surface area contributed by atoms with E-state index in [4.69, 9.17) is 0 Å². The minimum absolute atomic E-state index is 0.0601. The molecule has 0 fully saturated rings. The summed E-state index contributed by atoms with van der Waals surface area (Å²) in [5.41, 5.74) is 1.91. The van der Waals surface area contributed by atoms with Gasteiger partial charge in [0.2, 0.25) is 5.91 Å². The Kier molecular flexibility index (Phi) is 5.36. The molecule has 0 aliphatic rings. The molecule has 0 bridgehead atoms. The van der Waals surface area contributed by atoms with Crippen molar-refractivity contribution in [2.24, 2.45) is 0 Å². The lowest BCUT2D eigenvalue weighted by molar-refractivity contribution is -0.305. The van der Waals surface area contributed by atoms with E-state index in [2.05, 4.69) is 19.2 Å². The zero-order valence-electron chi connectivity index (χ0n) is 10.7. The van der Waals surface area contributed by atoms with Crippen molar-refractivity contribution in [2.75, 3.05) is 5.32 Å².